The van der Waals surface area contributed by atoms with E-state index >= 15 is 0 Å². The molecule has 1 N–H and O–H groups in total. The zero-order chi connectivity index (χ0) is 12.4. The second-order valence-corrected chi connectivity index (χ2v) is 3.92. The number of rotatable bonds is 3. The molecule has 0 aliphatic carbocycles. The third-order valence-corrected chi connectivity index (χ3v) is 2.86. The molecule has 90 valence electrons. The minimum absolute atomic E-state index is 0.770. The molecule has 2 heterocycles. The molecular weight excluding hydrogens is 214 g/mol. The molecule has 2 aromatic rings. The van der Waals surface area contributed by atoms with Crippen LogP contribution < -0.4 is 5.32 Å². The van der Waals surface area contributed by atoms with Gasteiger partial charge in [-0.2, -0.15) is 5.10 Å². The summed E-state index contributed by atoms with van der Waals surface area (Å²) in [5.41, 5.74) is 4.09. The number of nitrogens with one attached hydrogen (secondary N) is 1. The zero-order valence-electron chi connectivity index (χ0n) is 10.7. The highest BCUT2D eigenvalue weighted by atomic mass is 15.3. The summed E-state index contributed by atoms with van der Waals surface area (Å²) >= 11 is 0. The van der Waals surface area contributed by atoms with Gasteiger partial charge in [-0.05, 0) is 32.9 Å². The van der Waals surface area contributed by atoms with Crippen molar-refractivity contribution in [3.05, 3.63) is 23.5 Å². The quantitative estimate of drug-likeness (QED) is 0.878. The van der Waals surface area contributed by atoms with Crippen LogP contribution in [0, 0.1) is 13.8 Å². The van der Waals surface area contributed by atoms with Gasteiger partial charge in [0.1, 0.15) is 5.82 Å². The molecule has 0 fully saturated rings. The van der Waals surface area contributed by atoms with Gasteiger partial charge < -0.3 is 5.32 Å². The molecule has 0 saturated carbocycles. The molecule has 0 spiro atoms. The highest BCUT2D eigenvalue weighted by Crippen LogP contribution is 2.24. The van der Waals surface area contributed by atoms with Gasteiger partial charge in [0, 0.05) is 24.8 Å². The fraction of sp³-hybridized carbons (Fsp3) is 0.417. The second-order valence-electron chi connectivity index (χ2n) is 3.92. The average molecular weight is 231 g/mol. The highest BCUT2D eigenvalue weighted by molar-refractivity contribution is 5.65. The fourth-order valence-electron chi connectivity index (χ4n) is 1.97. The lowest BCUT2D eigenvalue weighted by atomic mass is 10.1. The minimum atomic E-state index is 0.770. The lowest BCUT2D eigenvalue weighted by Crippen LogP contribution is -1.99. The van der Waals surface area contributed by atoms with Crippen molar-refractivity contribution < 1.29 is 0 Å². The van der Waals surface area contributed by atoms with E-state index in [0.717, 1.165) is 35.0 Å². The second kappa shape index (κ2) is 4.53. The van der Waals surface area contributed by atoms with Crippen molar-refractivity contribution >= 4 is 5.82 Å². The van der Waals surface area contributed by atoms with Crippen LogP contribution in [0.2, 0.25) is 0 Å². The zero-order valence-corrected chi connectivity index (χ0v) is 10.7. The number of hydrogen-bond donors (Lipinski definition) is 1. The van der Waals surface area contributed by atoms with E-state index in [1.54, 1.807) is 0 Å². The summed E-state index contributed by atoms with van der Waals surface area (Å²) in [6.45, 7) is 7.02. The van der Waals surface area contributed by atoms with Crippen molar-refractivity contribution in [2.24, 2.45) is 0 Å². The number of hydrogen-bond acceptors (Lipinski definition) is 4. The molecule has 0 saturated heterocycles. The molecule has 0 radical (unpaired) electrons. The number of aromatic nitrogens is 4. The van der Waals surface area contributed by atoms with Crippen LogP contribution in [0.5, 0.6) is 0 Å². The molecule has 0 unspecified atom stereocenters. The van der Waals surface area contributed by atoms with Crippen LogP contribution in [0.4, 0.5) is 5.82 Å². The largest absolute Gasteiger partial charge is 0.372 e. The lowest BCUT2D eigenvalue weighted by Gasteiger charge is -2.03. The summed E-state index contributed by atoms with van der Waals surface area (Å²) in [6, 6.07) is 3.89. The van der Waals surface area contributed by atoms with Crippen LogP contribution in [0.15, 0.2) is 12.1 Å². The first-order valence-electron chi connectivity index (χ1n) is 5.73. The summed E-state index contributed by atoms with van der Waals surface area (Å²) < 4.78 is 1.98. The molecule has 2 rings (SSSR count). The van der Waals surface area contributed by atoms with E-state index < -0.39 is 0 Å². The highest BCUT2D eigenvalue weighted by Gasteiger charge is 2.13. The van der Waals surface area contributed by atoms with Crippen LogP contribution in [-0.2, 0) is 6.54 Å². The van der Waals surface area contributed by atoms with Crippen molar-refractivity contribution in [2.75, 3.05) is 12.4 Å². The third kappa shape index (κ3) is 2.00. The number of nitrogens with zero attached hydrogens (tertiary/aromatic N) is 4. The van der Waals surface area contributed by atoms with E-state index in [2.05, 4.69) is 34.5 Å². The van der Waals surface area contributed by atoms with Gasteiger partial charge in [-0.15, -0.1) is 10.2 Å². The van der Waals surface area contributed by atoms with Crippen molar-refractivity contribution in [1.82, 2.24) is 20.0 Å². The fourth-order valence-corrected chi connectivity index (χ4v) is 1.97. The molecule has 0 atom stereocenters. The Hall–Kier alpha value is -1.91. The van der Waals surface area contributed by atoms with Crippen LogP contribution in [0.25, 0.3) is 11.3 Å². The molecule has 0 bridgehead atoms. The third-order valence-electron chi connectivity index (χ3n) is 2.86. The van der Waals surface area contributed by atoms with Gasteiger partial charge in [-0.25, -0.2) is 0 Å². The molecule has 0 aliphatic heterocycles. The SMILES string of the molecule is CCn1nc(C)c(-c2ccc(NC)nn2)c1C. The van der Waals surface area contributed by atoms with Crippen molar-refractivity contribution in [3.63, 3.8) is 0 Å². The molecule has 2 aromatic heterocycles. The van der Waals surface area contributed by atoms with Crippen molar-refractivity contribution in [1.29, 1.82) is 0 Å². The Labute approximate surface area is 101 Å². The van der Waals surface area contributed by atoms with Gasteiger partial charge in [0.2, 0.25) is 0 Å². The van der Waals surface area contributed by atoms with Crippen molar-refractivity contribution in [2.45, 2.75) is 27.3 Å². The van der Waals surface area contributed by atoms with E-state index in [1.807, 2.05) is 30.8 Å². The molecule has 0 aliphatic rings. The number of anilines is 1. The average Bonchev–Trinajstić information content (AvgIpc) is 2.64. The smallest absolute Gasteiger partial charge is 0.148 e. The molecule has 0 aromatic carbocycles. The molecule has 5 heteroatoms. The van der Waals surface area contributed by atoms with Gasteiger partial charge in [0.25, 0.3) is 0 Å². The van der Waals surface area contributed by atoms with Gasteiger partial charge in [0.05, 0.1) is 11.4 Å². The van der Waals surface area contributed by atoms with Crippen molar-refractivity contribution in [3.8, 4) is 11.3 Å². The summed E-state index contributed by atoms with van der Waals surface area (Å²) in [5, 5.41) is 15.8. The van der Waals surface area contributed by atoms with E-state index in [1.165, 1.54) is 0 Å². The van der Waals surface area contributed by atoms with Crippen LogP contribution in [0.3, 0.4) is 0 Å². The Bertz CT molecular complexity index is 512. The summed E-state index contributed by atoms with van der Waals surface area (Å²) in [4.78, 5) is 0. The van der Waals surface area contributed by atoms with Crippen LogP contribution >= 0.6 is 0 Å². The van der Waals surface area contributed by atoms with E-state index in [9.17, 15) is 0 Å². The standard InChI is InChI=1S/C12H17N5/c1-5-17-9(3)12(8(2)16-17)10-6-7-11(13-4)15-14-10/h6-7H,5H2,1-4H3,(H,13,15). The predicted molar refractivity (Wildman–Crippen MR) is 67.9 cm³/mol. The van der Waals surface area contributed by atoms with E-state index in [0.29, 0.717) is 0 Å². The maximum atomic E-state index is 4.48. The Kier molecular flexibility index (Phi) is 3.08. The summed E-state index contributed by atoms with van der Waals surface area (Å²) in [6.07, 6.45) is 0. The first-order chi connectivity index (χ1) is 8.17. The van der Waals surface area contributed by atoms with E-state index in [4.69, 9.17) is 0 Å². The van der Waals surface area contributed by atoms with Gasteiger partial charge in [-0.3, -0.25) is 4.68 Å². The van der Waals surface area contributed by atoms with Gasteiger partial charge in [0.15, 0.2) is 0 Å². The first-order valence-corrected chi connectivity index (χ1v) is 5.73. The predicted octanol–water partition coefficient (Wildman–Crippen LogP) is 2.02. The first kappa shape index (κ1) is 11.6. The van der Waals surface area contributed by atoms with Crippen LogP contribution in [-0.4, -0.2) is 27.0 Å². The summed E-state index contributed by atoms with van der Waals surface area (Å²) in [7, 11) is 1.83. The molecule has 0 amide bonds. The van der Waals surface area contributed by atoms with E-state index in [-0.39, 0.29) is 0 Å². The van der Waals surface area contributed by atoms with Gasteiger partial charge in [-0.1, -0.05) is 0 Å². The molecular formula is C12H17N5. The minimum Gasteiger partial charge on any atom is -0.372 e. The summed E-state index contributed by atoms with van der Waals surface area (Å²) in [5.74, 6) is 0.770. The lowest BCUT2D eigenvalue weighted by molar-refractivity contribution is 0.634. The molecule has 5 nitrogen and oxygen atoms in total. The Morgan fingerprint density at radius 2 is 2.00 bits per heavy atom. The normalized spacial score (nSPS) is 10.6. The van der Waals surface area contributed by atoms with Gasteiger partial charge >= 0.3 is 0 Å². The number of aryl methyl sites for hydroxylation is 2. The Morgan fingerprint density at radius 1 is 1.24 bits per heavy atom. The monoisotopic (exact) mass is 231 g/mol. The maximum absolute atomic E-state index is 4.48. The topological polar surface area (TPSA) is 55.6 Å². The molecule has 17 heavy (non-hydrogen) atoms. The Balaban J connectivity index is 2.48. The maximum Gasteiger partial charge on any atom is 0.148 e. The van der Waals surface area contributed by atoms with Crippen LogP contribution in [0.1, 0.15) is 18.3 Å². The Morgan fingerprint density at radius 3 is 2.47 bits per heavy atom.